The molecule has 0 radical (unpaired) electrons. The number of hydrogen-bond donors (Lipinski definition) is 0. The van der Waals surface area contributed by atoms with E-state index in [-0.39, 0.29) is 0 Å². The Morgan fingerprint density at radius 1 is 1.06 bits per heavy atom. The van der Waals surface area contributed by atoms with Crippen molar-refractivity contribution in [2.75, 3.05) is 0 Å². The van der Waals surface area contributed by atoms with Gasteiger partial charge in [-0.1, -0.05) is 55.8 Å². The van der Waals surface area contributed by atoms with Gasteiger partial charge < -0.3 is 0 Å². The molecule has 0 aliphatic rings. The second-order valence-corrected chi connectivity index (χ2v) is 4.38. The summed E-state index contributed by atoms with van der Waals surface area (Å²) in [5.41, 5.74) is 3.13. The van der Waals surface area contributed by atoms with E-state index in [0.717, 1.165) is 16.8 Å². The first kappa shape index (κ1) is 11.1. The number of hydrogen-bond acceptors (Lipinski definition) is 2. The second kappa shape index (κ2) is 4.62. The molecule has 0 unspecified atom stereocenters. The number of halogens is 1. The van der Waals surface area contributed by atoms with Crippen molar-refractivity contribution in [2.45, 2.75) is 19.8 Å². The van der Waals surface area contributed by atoms with E-state index in [4.69, 9.17) is 11.6 Å². The molecule has 0 N–H and O–H groups in total. The highest BCUT2D eigenvalue weighted by atomic mass is 35.5. The number of nitrogens with zero attached hydrogens (tertiary/aromatic N) is 2. The third-order valence-electron chi connectivity index (χ3n) is 2.46. The van der Waals surface area contributed by atoms with Gasteiger partial charge in [-0.3, -0.25) is 0 Å². The van der Waals surface area contributed by atoms with E-state index >= 15 is 0 Å². The van der Waals surface area contributed by atoms with Crippen molar-refractivity contribution in [3.8, 4) is 11.3 Å². The number of rotatable bonds is 2. The van der Waals surface area contributed by atoms with E-state index < -0.39 is 0 Å². The van der Waals surface area contributed by atoms with Crippen LogP contribution in [-0.2, 0) is 0 Å². The Labute approximate surface area is 100 Å². The van der Waals surface area contributed by atoms with E-state index in [2.05, 4.69) is 24.0 Å². The van der Waals surface area contributed by atoms with Crippen LogP contribution in [0.1, 0.15) is 25.3 Å². The van der Waals surface area contributed by atoms with Crippen LogP contribution >= 0.6 is 11.6 Å². The summed E-state index contributed by atoms with van der Waals surface area (Å²) in [6.07, 6.45) is 0. The molecule has 0 fully saturated rings. The van der Waals surface area contributed by atoms with Gasteiger partial charge in [0.15, 0.2) is 5.15 Å². The molecule has 0 spiro atoms. The molecule has 0 atom stereocenters. The zero-order valence-electron chi connectivity index (χ0n) is 9.31. The normalized spacial score (nSPS) is 10.8. The zero-order chi connectivity index (χ0) is 11.5. The van der Waals surface area contributed by atoms with E-state index in [1.807, 2.05) is 36.4 Å². The standard InChI is InChI=1S/C13H13ClN2/c1-9(2)11-8-12(14)15-16-13(11)10-6-4-3-5-7-10/h3-9H,1-2H3. The lowest BCUT2D eigenvalue weighted by Crippen LogP contribution is -1.98. The monoisotopic (exact) mass is 232 g/mol. The summed E-state index contributed by atoms with van der Waals surface area (Å²) in [6, 6.07) is 11.9. The Hall–Kier alpha value is -1.41. The van der Waals surface area contributed by atoms with Crippen LogP contribution in [0, 0.1) is 0 Å². The van der Waals surface area contributed by atoms with Gasteiger partial charge in [-0.2, -0.15) is 0 Å². The molecule has 3 heteroatoms. The Morgan fingerprint density at radius 3 is 2.38 bits per heavy atom. The fourth-order valence-corrected chi connectivity index (χ4v) is 1.80. The quantitative estimate of drug-likeness (QED) is 0.784. The topological polar surface area (TPSA) is 25.8 Å². The van der Waals surface area contributed by atoms with Gasteiger partial charge in [-0.25, -0.2) is 0 Å². The Morgan fingerprint density at radius 2 is 1.75 bits per heavy atom. The van der Waals surface area contributed by atoms with E-state index in [0.29, 0.717) is 11.1 Å². The van der Waals surface area contributed by atoms with Gasteiger partial charge >= 0.3 is 0 Å². The average Bonchev–Trinajstić information content (AvgIpc) is 2.30. The Balaban J connectivity index is 2.57. The summed E-state index contributed by atoms with van der Waals surface area (Å²) in [5.74, 6) is 0.378. The van der Waals surface area contributed by atoms with E-state index in [9.17, 15) is 0 Å². The van der Waals surface area contributed by atoms with Gasteiger partial charge in [-0.05, 0) is 17.5 Å². The molecular formula is C13H13ClN2. The lowest BCUT2D eigenvalue weighted by atomic mass is 9.98. The maximum atomic E-state index is 5.87. The maximum absolute atomic E-state index is 5.87. The minimum Gasteiger partial charge on any atom is -0.149 e. The van der Waals surface area contributed by atoms with Crippen molar-refractivity contribution in [3.63, 3.8) is 0 Å². The average molecular weight is 233 g/mol. The molecule has 1 aromatic carbocycles. The Kier molecular flexibility index (Phi) is 3.20. The summed E-state index contributed by atoms with van der Waals surface area (Å²) in [5, 5.41) is 8.55. The molecule has 2 aromatic rings. The molecular weight excluding hydrogens is 220 g/mol. The van der Waals surface area contributed by atoms with Gasteiger partial charge in [0.05, 0.1) is 5.69 Å². The SMILES string of the molecule is CC(C)c1cc(Cl)nnc1-c1ccccc1. The van der Waals surface area contributed by atoms with Crippen molar-refractivity contribution in [3.05, 3.63) is 47.1 Å². The van der Waals surface area contributed by atoms with Crippen LogP contribution in [0.5, 0.6) is 0 Å². The maximum Gasteiger partial charge on any atom is 0.152 e. The molecule has 0 aliphatic heterocycles. The molecule has 0 saturated carbocycles. The molecule has 0 aliphatic carbocycles. The fourth-order valence-electron chi connectivity index (χ4n) is 1.64. The Bertz CT molecular complexity index is 481. The summed E-state index contributed by atoms with van der Waals surface area (Å²) in [6.45, 7) is 4.25. The lowest BCUT2D eigenvalue weighted by Gasteiger charge is -2.11. The molecule has 82 valence electrons. The van der Waals surface area contributed by atoms with Crippen molar-refractivity contribution in [1.82, 2.24) is 10.2 Å². The molecule has 1 aromatic heterocycles. The minimum atomic E-state index is 0.378. The minimum absolute atomic E-state index is 0.378. The number of benzene rings is 1. The first-order chi connectivity index (χ1) is 7.68. The highest BCUT2D eigenvalue weighted by Crippen LogP contribution is 2.27. The molecule has 1 heterocycles. The highest BCUT2D eigenvalue weighted by molar-refractivity contribution is 6.29. The van der Waals surface area contributed by atoms with Crippen LogP contribution < -0.4 is 0 Å². The van der Waals surface area contributed by atoms with E-state index in [1.165, 1.54) is 0 Å². The first-order valence-electron chi connectivity index (χ1n) is 5.27. The summed E-state index contributed by atoms with van der Waals surface area (Å²) in [4.78, 5) is 0. The summed E-state index contributed by atoms with van der Waals surface area (Å²) < 4.78 is 0. The largest absolute Gasteiger partial charge is 0.152 e. The van der Waals surface area contributed by atoms with Gasteiger partial charge in [-0.15, -0.1) is 10.2 Å². The third-order valence-corrected chi connectivity index (χ3v) is 2.65. The molecule has 0 amide bonds. The zero-order valence-corrected chi connectivity index (χ0v) is 10.1. The van der Waals surface area contributed by atoms with Crippen molar-refractivity contribution < 1.29 is 0 Å². The highest BCUT2D eigenvalue weighted by Gasteiger charge is 2.11. The van der Waals surface area contributed by atoms with Gasteiger partial charge in [0, 0.05) is 5.56 Å². The molecule has 2 rings (SSSR count). The third kappa shape index (κ3) is 2.22. The van der Waals surface area contributed by atoms with Gasteiger partial charge in [0.1, 0.15) is 0 Å². The van der Waals surface area contributed by atoms with Gasteiger partial charge in [0.2, 0.25) is 0 Å². The predicted octanol–water partition coefficient (Wildman–Crippen LogP) is 3.92. The fraction of sp³-hybridized carbons (Fsp3) is 0.231. The lowest BCUT2D eigenvalue weighted by molar-refractivity contribution is 0.846. The number of aromatic nitrogens is 2. The predicted molar refractivity (Wildman–Crippen MR) is 66.6 cm³/mol. The summed E-state index contributed by atoms with van der Waals surface area (Å²) in [7, 11) is 0. The smallest absolute Gasteiger partial charge is 0.149 e. The van der Waals surface area contributed by atoms with E-state index in [1.54, 1.807) is 0 Å². The van der Waals surface area contributed by atoms with Crippen LogP contribution in [0.2, 0.25) is 5.15 Å². The molecule has 2 nitrogen and oxygen atoms in total. The van der Waals surface area contributed by atoms with Crippen LogP contribution in [0.4, 0.5) is 0 Å². The van der Waals surface area contributed by atoms with Crippen LogP contribution in [0.3, 0.4) is 0 Å². The van der Waals surface area contributed by atoms with Crippen LogP contribution in [0.15, 0.2) is 36.4 Å². The molecule has 16 heavy (non-hydrogen) atoms. The van der Waals surface area contributed by atoms with Crippen LogP contribution in [0.25, 0.3) is 11.3 Å². The first-order valence-corrected chi connectivity index (χ1v) is 5.65. The van der Waals surface area contributed by atoms with Crippen molar-refractivity contribution in [2.24, 2.45) is 0 Å². The van der Waals surface area contributed by atoms with Crippen molar-refractivity contribution in [1.29, 1.82) is 0 Å². The van der Waals surface area contributed by atoms with Crippen LogP contribution in [-0.4, -0.2) is 10.2 Å². The van der Waals surface area contributed by atoms with Crippen molar-refractivity contribution >= 4 is 11.6 Å². The molecule has 0 saturated heterocycles. The summed E-state index contributed by atoms with van der Waals surface area (Å²) >= 11 is 5.87. The second-order valence-electron chi connectivity index (χ2n) is 3.99. The van der Waals surface area contributed by atoms with Gasteiger partial charge in [0.25, 0.3) is 0 Å². The molecule has 0 bridgehead atoms.